The fourth-order valence-electron chi connectivity index (χ4n) is 14.0. The summed E-state index contributed by atoms with van der Waals surface area (Å²) in [6, 6.07) is 26.2. The average molecular weight is 1340 g/mol. The first-order valence-corrected chi connectivity index (χ1v) is 32.3. The monoisotopic (exact) mass is 1330 g/mol. The zero-order chi connectivity index (χ0) is 65.9. The first kappa shape index (κ1) is 74.6. The molecule has 4 aromatic heterocycles. The zero-order valence-electron chi connectivity index (χ0n) is 52.9. The molecule has 514 valence electrons. The van der Waals surface area contributed by atoms with Gasteiger partial charge in [0.1, 0.15) is 29.3 Å². The molecule has 12 atom stereocenters. The SMILES string of the molecule is C.C.CN1[C@@H]2CC[C@H]1CC(O)C2.Cc1ccc(F)c(C=O)c1.Cc1ccc(OC2C[C@H]3CC[C@@H](C2)N3)nc1.Cc1ccc(OC2C[C@H]3CC[C@@H](C2)N3C)nc1.Cc1ccc(OC2C[C@H]3CC[C@@H](C2)N3c2ccc(C(F)(F)F)cc2C=O)nc1.FC(F)(F)c1ccc(Cl)nc1.[HH]. The summed E-state index contributed by atoms with van der Waals surface area (Å²) in [6.07, 6.45) is 17.0. The van der Waals surface area contributed by atoms with Crippen molar-refractivity contribution in [3.8, 4) is 17.6 Å². The van der Waals surface area contributed by atoms with E-state index in [0.717, 1.165) is 123 Å². The summed E-state index contributed by atoms with van der Waals surface area (Å²) in [4.78, 5) is 44.9. The summed E-state index contributed by atoms with van der Waals surface area (Å²) in [7, 11) is 4.44. The second kappa shape index (κ2) is 33.7. The summed E-state index contributed by atoms with van der Waals surface area (Å²) < 4.78 is 105. The number of hydrogen-bond donors (Lipinski definition) is 2. The highest BCUT2D eigenvalue weighted by Crippen LogP contribution is 2.43. The third-order valence-electron chi connectivity index (χ3n) is 18.9. The van der Waals surface area contributed by atoms with Crippen LogP contribution in [0.2, 0.25) is 5.15 Å². The van der Waals surface area contributed by atoms with Crippen LogP contribution >= 0.6 is 11.6 Å². The Bertz CT molecular complexity index is 3290. The van der Waals surface area contributed by atoms with Gasteiger partial charge in [0.15, 0.2) is 12.6 Å². The lowest BCUT2D eigenvalue weighted by molar-refractivity contribution is -0.138. The molecule has 22 heteroatoms. The lowest BCUT2D eigenvalue weighted by Crippen LogP contribution is -2.47. The number of benzene rings is 2. The normalized spacial score (nSPS) is 26.2. The van der Waals surface area contributed by atoms with Crippen LogP contribution in [0.15, 0.2) is 110 Å². The number of nitrogens with one attached hydrogen (secondary N) is 1. The van der Waals surface area contributed by atoms with Gasteiger partial charge in [-0.3, -0.25) is 9.59 Å². The van der Waals surface area contributed by atoms with Crippen molar-refractivity contribution in [1.29, 1.82) is 0 Å². The van der Waals surface area contributed by atoms with E-state index in [4.69, 9.17) is 25.8 Å². The van der Waals surface area contributed by atoms with Gasteiger partial charge in [0.2, 0.25) is 17.6 Å². The van der Waals surface area contributed by atoms with E-state index >= 15 is 0 Å². The molecule has 8 saturated heterocycles. The quantitative estimate of drug-likeness (QED) is 0.0801. The molecule has 8 aliphatic rings. The molecule has 94 heavy (non-hydrogen) atoms. The number of alkyl halides is 6. The van der Waals surface area contributed by atoms with Crippen molar-refractivity contribution in [3.05, 3.63) is 165 Å². The summed E-state index contributed by atoms with van der Waals surface area (Å²) in [6.45, 7) is 7.87. The summed E-state index contributed by atoms with van der Waals surface area (Å²) >= 11 is 5.28. The first-order chi connectivity index (χ1) is 43.9. The molecule has 8 aliphatic heterocycles. The lowest BCUT2D eigenvalue weighted by Gasteiger charge is -2.41. The van der Waals surface area contributed by atoms with E-state index in [1.807, 2.05) is 64.4 Å². The summed E-state index contributed by atoms with van der Waals surface area (Å²) in [5.74, 6) is 1.69. The highest BCUT2D eigenvalue weighted by atomic mass is 35.5. The molecule has 8 bridgehead atoms. The number of anilines is 1. The number of piperidine rings is 4. The van der Waals surface area contributed by atoms with Crippen LogP contribution in [-0.2, 0) is 12.4 Å². The highest BCUT2D eigenvalue weighted by molar-refractivity contribution is 6.29. The van der Waals surface area contributed by atoms with E-state index in [0.29, 0.717) is 66.7 Å². The van der Waals surface area contributed by atoms with E-state index < -0.39 is 29.3 Å². The Morgan fingerprint density at radius 3 is 1.30 bits per heavy atom. The maximum absolute atomic E-state index is 13.0. The van der Waals surface area contributed by atoms with Crippen LogP contribution in [0.4, 0.5) is 36.4 Å². The van der Waals surface area contributed by atoms with Gasteiger partial charge >= 0.3 is 12.4 Å². The Morgan fingerprint density at radius 1 is 0.500 bits per heavy atom. The summed E-state index contributed by atoms with van der Waals surface area (Å²) in [5, 5.41) is 13.0. The number of carbonyl (C=O) groups excluding carboxylic acids is 2. The van der Waals surface area contributed by atoms with Crippen molar-refractivity contribution in [2.24, 2.45) is 0 Å². The van der Waals surface area contributed by atoms with Crippen LogP contribution in [0.3, 0.4) is 0 Å². The number of carbonyl (C=O) groups is 2. The molecule has 0 aliphatic carbocycles. The van der Waals surface area contributed by atoms with E-state index in [1.165, 1.54) is 67.9 Å². The van der Waals surface area contributed by atoms with Crippen molar-refractivity contribution in [3.63, 3.8) is 0 Å². The molecule has 8 fully saturated rings. The molecule has 0 amide bonds. The number of halogens is 8. The van der Waals surface area contributed by atoms with E-state index in [2.05, 4.69) is 66.2 Å². The molecule has 14 rings (SSSR count). The number of aliphatic hydroxyl groups is 1. The van der Waals surface area contributed by atoms with Crippen molar-refractivity contribution in [2.75, 3.05) is 19.0 Å². The van der Waals surface area contributed by atoms with Crippen molar-refractivity contribution in [1.82, 2.24) is 35.1 Å². The minimum atomic E-state index is -4.46. The Hall–Kier alpha value is -6.78. The molecule has 12 heterocycles. The largest absolute Gasteiger partial charge is 0.474 e. The van der Waals surface area contributed by atoms with Gasteiger partial charge in [0.25, 0.3) is 0 Å². The molecular weight excluding hydrogens is 1240 g/mol. The number of fused-ring (bicyclic) bond motifs is 8. The third-order valence-corrected chi connectivity index (χ3v) is 19.1. The zero-order valence-corrected chi connectivity index (χ0v) is 53.7. The average Bonchev–Trinajstić information content (AvgIpc) is 1.70. The number of ether oxygens (including phenoxy) is 3. The van der Waals surface area contributed by atoms with E-state index in [-0.39, 0.29) is 56.9 Å². The van der Waals surface area contributed by atoms with E-state index in [1.54, 1.807) is 12.3 Å². The molecule has 6 aromatic rings. The number of aliphatic hydroxyl groups excluding tert-OH is 1. The van der Waals surface area contributed by atoms with Gasteiger partial charge in [-0.2, -0.15) is 26.3 Å². The standard InChI is InChI=1S/C21H21F3N2O2.C14H20N2O.C13H18N2O.C8H7FO.C8H15NO.C6H3ClF3N.2CH4.H2/c1-13-2-7-20(25-11-13)28-18-9-16-4-5-17(10-18)26(16)19-6-3-15(21(22,23)24)8-14(19)12-27;1-10-3-6-14(15-9-10)17-13-7-11-4-5-12(8-13)16(11)2;1-9-2-5-13(14-8-9)16-12-6-10-3-4-11(7-12)15-10;1-6-2-3-8(9)7(4-6)5-10;1-9-6-2-3-7(9)5-8(10)4-6;7-5-2-1-4(3-11-5)6(8,9)10;;;/h2-3,6-8,11-12,16-18H,4-5,9-10H2,1H3;3,6,9,11-13H,4-5,7-8H2,1-2H3;2,5,8,10-12,15H,3-4,6-7H2,1H3;2-5H,1H3;6-8,10H,2-5H2,1H3;1-3H;2*1H4;1H/t16-,17+,18?;11-,12+,13?;10-,11+,12?;;6-,7+,8?;;;;. The number of nitrogens with zero attached hydrogens (tertiary/aromatic N) is 7. The van der Waals surface area contributed by atoms with Gasteiger partial charge in [-0.1, -0.05) is 56.3 Å². The number of rotatable bonds is 9. The first-order valence-electron chi connectivity index (χ1n) is 31.9. The Morgan fingerprint density at radius 2 is 0.904 bits per heavy atom. The van der Waals surface area contributed by atoms with Crippen LogP contribution in [0.1, 0.15) is 173 Å². The van der Waals surface area contributed by atoms with Crippen LogP contribution in [0.25, 0.3) is 0 Å². The fourth-order valence-corrected chi connectivity index (χ4v) is 14.1. The Balaban J connectivity index is 0.000000187. The maximum Gasteiger partial charge on any atom is 0.417 e. The molecular formula is C72H94ClF7N8O6. The second-order valence-corrected chi connectivity index (χ2v) is 26.1. The van der Waals surface area contributed by atoms with Gasteiger partial charge in [-0.15, -0.1) is 0 Å². The lowest BCUT2D eigenvalue weighted by atomic mass is 9.97. The van der Waals surface area contributed by atoms with Crippen LogP contribution in [0, 0.1) is 33.5 Å². The van der Waals surface area contributed by atoms with Crippen molar-refractivity contribution >= 4 is 29.9 Å². The maximum atomic E-state index is 13.0. The smallest absolute Gasteiger partial charge is 0.417 e. The molecule has 0 spiro atoms. The number of pyridine rings is 4. The predicted octanol–water partition coefficient (Wildman–Crippen LogP) is 16.1. The topological polar surface area (TPSA) is 155 Å². The van der Waals surface area contributed by atoms with Gasteiger partial charge in [0, 0.05) is 117 Å². The minimum Gasteiger partial charge on any atom is -0.474 e. The third kappa shape index (κ3) is 20.6. The Kier molecular flexibility index (Phi) is 26.8. The van der Waals surface area contributed by atoms with Gasteiger partial charge in [-0.05, 0) is 191 Å². The molecule has 0 radical (unpaired) electrons. The van der Waals surface area contributed by atoms with Crippen LogP contribution in [0.5, 0.6) is 17.6 Å². The van der Waals surface area contributed by atoms with Crippen LogP contribution < -0.4 is 24.4 Å². The van der Waals surface area contributed by atoms with Gasteiger partial charge in [-0.25, -0.2) is 24.3 Å². The molecule has 0 saturated carbocycles. The number of aryl methyl sites for hydroxylation is 4. The minimum absolute atomic E-state index is 0. The highest BCUT2D eigenvalue weighted by Gasteiger charge is 2.44. The van der Waals surface area contributed by atoms with Crippen LogP contribution in [-0.4, -0.2) is 134 Å². The fraction of sp³-hybridized carbons (Fsp3) is 0.528. The molecule has 4 unspecified atom stereocenters. The van der Waals surface area contributed by atoms with Gasteiger partial charge < -0.3 is 39.3 Å². The van der Waals surface area contributed by atoms with Crippen molar-refractivity contribution in [2.45, 2.75) is 230 Å². The van der Waals surface area contributed by atoms with Gasteiger partial charge in [0.05, 0.1) is 22.8 Å². The summed E-state index contributed by atoms with van der Waals surface area (Å²) in [5.41, 5.74) is 3.53. The molecule has 2 aromatic carbocycles. The number of aromatic nitrogens is 4. The molecule has 2 N–H and O–H groups in total. The Labute approximate surface area is 555 Å². The number of hydrogen-bond acceptors (Lipinski definition) is 14. The van der Waals surface area contributed by atoms with E-state index in [9.17, 15) is 45.4 Å². The predicted molar refractivity (Wildman–Crippen MR) is 355 cm³/mol. The molecule has 14 nitrogen and oxygen atoms in total. The van der Waals surface area contributed by atoms with Crippen molar-refractivity contribution < 1.29 is 61.1 Å². The second-order valence-electron chi connectivity index (χ2n) is 25.7. The number of aldehydes is 2.